The first-order valence-corrected chi connectivity index (χ1v) is 8.90. The molecule has 4 rings (SSSR count). The number of carbonyl (C=O) groups is 1. The fraction of sp³-hybridized carbons (Fsp3) is 0.278. The second kappa shape index (κ2) is 5.81. The molecule has 0 saturated heterocycles. The molecule has 0 saturated carbocycles. The molecule has 2 aromatic heterocycles. The molecule has 2 heterocycles. The van der Waals surface area contributed by atoms with E-state index in [9.17, 15) is 4.79 Å². The molecule has 1 aliphatic carbocycles. The summed E-state index contributed by atoms with van der Waals surface area (Å²) in [6.45, 7) is 2.13. The van der Waals surface area contributed by atoms with Crippen molar-refractivity contribution in [2.45, 2.75) is 31.2 Å². The van der Waals surface area contributed by atoms with Crippen molar-refractivity contribution in [2.75, 3.05) is 5.75 Å². The molecule has 3 aromatic rings. The Morgan fingerprint density at radius 1 is 1.22 bits per heavy atom. The summed E-state index contributed by atoms with van der Waals surface area (Å²) in [6.07, 6.45) is 5.09. The number of thioether (sulfide) groups is 1. The van der Waals surface area contributed by atoms with E-state index in [2.05, 4.69) is 11.9 Å². The molecule has 0 atom stereocenters. The highest BCUT2D eigenvalue weighted by atomic mass is 32.2. The van der Waals surface area contributed by atoms with Gasteiger partial charge in [0.25, 0.3) is 0 Å². The van der Waals surface area contributed by atoms with Gasteiger partial charge in [0.15, 0.2) is 0 Å². The Hall–Kier alpha value is -2.14. The fourth-order valence-electron chi connectivity index (χ4n) is 3.13. The molecule has 116 valence electrons. The highest BCUT2D eigenvalue weighted by Gasteiger charge is 2.22. The first kappa shape index (κ1) is 14.5. The van der Waals surface area contributed by atoms with E-state index in [-0.39, 0.29) is 5.78 Å². The largest absolute Gasteiger partial charge is 0.287 e. The number of aromatic nitrogens is 3. The van der Waals surface area contributed by atoms with Crippen molar-refractivity contribution in [1.29, 1.82) is 0 Å². The zero-order valence-corrected chi connectivity index (χ0v) is 13.8. The van der Waals surface area contributed by atoms with E-state index >= 15 is 0 Å². The molecule has 0 spiro atoms. The number of hydrogen-bond donors (Lipinski definition) is 0. The smallest absolute Gasteiger partial charge is 0.235 e. The Morgan fingerprint density at radius 2 is 2.04 bits per heavy atom. The first-order valence-electron chi connectivity index (χ1n) is 7.91. The minimum absolute atomic E-state index is 0.0486. The molecule has 0 amide bonds. The lowest BCUT2D eigenvalue weighted by molar-refractivity contribution is 0.103. The molecule has 0 aliphatic heterocycles. The van der Waals surface area contributed by atoms with Gasteiger partial charge in [-0.05, 0) is 25.0 Å². The van der Waals surface area contributed by atoms with E-state index in [1.165, 1.54) is 11.3 Å². The predicted molar refractivity (Wildman–Crippen MR) is 91.3 cm³/mol. The third-order valence-corrected chi connectivity index (χ3v) is 5.08. The van der Waals surface area contributed by atoms with Crippen molar-refractivity contribution in [2.24, 2.45) is 0 Å². The minimum atomic E-state index is -0.0486. The number of benzene rings is 1. The normalized spacial score (nSPS) is 13.4. The maximum absolute atomic E-state index is 12.6. The maximum atomic E-state index is 12.6. The van der Waals surface area contributed by atoms with Crippen LogP contribution in [0.3, 0.4) is 0 Å². The lowest BCUT2D eigenvalue weighted by Gasteiger charge is -2.07. The molecule has 4 nitrogen and oxygen atoms in total. The molecule has 0 bridgehead atoms. The van der Waals surface area contributed by atoms with Gasteiger partial charge in [0, 0.05) is 23.0 Å². The van der Waals surface area contributed by atoms with Crippen LogP contribution in [0, 0.1) is 0 Å². The highest BCUT2D eigenvalue weighted by Crippen LogP contribution is 2.31. The van der Waals surface area contributed by atoms with E-state index in [0.717, 1.165) is 30.0 Å². The Bertz CT molecular complexity index is 886. The summed E-state index contributed by atoms with van der Waals surface area (Å²) in [5.74, 6) is 1.58. The summed E-state index contributed by atoms with van der Waals surface area (Å²) in [5.41, 5.74) is 3.73. The van der Waals surface area contributed by atoms with E-state index in [1.807, 2.05) is 40.9 Å². The second-order valence-corrected chi connectivity index (χ2v) is 6.87. The van der Waals surface area contributed by atoms with E-state index in [0.29, 0.717) is 17.0 Å². The molecular formula is C18H17N3OS. The topological polar surface area (TPSA) is 47.3 Å². The van der Waals surface area contributed by atoms with Crippen LogP contribution < -0.4 is 0 Å². The lowest BCUT2D eigenvalue weighted by atomic mass is 10.1. The van der Waals surface area contributed by atoms with Crippen molar-refractivity contribution < 1.29 is 4.79 Å². The van der Waals surface area contributed by atoms with Gasteiger partial charge in [-0.2, -0.15) is 0 Å². The molecule has 0 unspecified atom stereocenters. The van der Waals surface area contributed by atoms with Gasteiger partial charge in [-0.1, -0.05) is 37.3 Å². The van der Waals surface area contributed by atoms with Crippen LogP contribution in [0.25, 0.3) is 5.78 Å². The SMILES string of the molecule is CCSc1nc2nc(C(=O)c3ccccc3)cn2c2c1CCC2. The summed E-state index contributed by atoms with van der Waals surface area (Å²) in [4.78, 5) is 21.8. The van der Waals surface area contributed by atoms with Gasteiger partial charge in [-0.3, -0.25) is 9.20 Å². The van der Waals surface area contributed by atoms with Gasteiger partial charge >= 0.3 is 0 Å². The lowest BCUT2D eigenvalue weighted by Crippen LogP contribution is -2.01. The molecule has 1 aliphatic rings. The monoisotopic (exact) mass is 323 g/mol. The van der Waals surface area contributed by atoms with Crippen LogP contribution in [0.2, 0.25) is 0 Å². The van der Waals surface area contributed by atoms with Crippen molar-refractivity contribution in [3.05, 3.63) is 59.0 Å². The maximum Gasteiger partial charge on any atom is 0.235 e. The first-order chi connectivity index (χ1) is 11.3. The van der Waals surface area contributed by atoms with Gasteiger partial charge in [0.05, 0.1) is 0 Å². The summed E-state index contributed by atoms with van der Waals surface area (Å²) < 4.78 is 2.01. The molecule has 5 heteroatoms. The standard InChI is InChI=1S/C18H17N3OS/c1-2-23-17-13-9-6-10-15(13)21-11-14(19-18(21)20-17)16(22)12-7-4-3-5-8-12/h3-5,7-8,11H,2,6,9-10H2,1H3. The van der Waals surface area contributed by atoms with Crippen molar-refractivity contribution in [1.82, 2.24) is 14.4 Å². The molecular weight excluding hydrogens is 306 g/mol. The van der Waals surface area contributed by atoms with E-state index < -0.39 is 0 Å². The third-order valence-electron chi connectivity index (χ3n) is 4.18. The van der Waals surface area contributed by atoms with Gasteiger partial charge in [-0.25, -0.2) is 9.97 Å². The van der Waals surface area contributed by atoms with Crippen LogP contribution in [0.4, 0.5) is 0 Å². The number of imidazole rings is 1. The summed E-state index contributed by atoms with van der Waals surface area (Å²) in [7, 11) is 0. The van der Waals surface area contributed by atoms with Crippen LogP contribution in [0.15, 0.2) is 41.6 Å². The highest BCUT2D eigenvalue weighted by molar-refractivity contribution is 7.99. The molecule has 0 fully saturated rings. The van der Waals surface area contributed by atoms with Crippen LogP contribution in [0.1, 0.15) is 40.7 Å². The fourth-order valence-corrected chi connectivity index (χ4v) is 3.95. The van der Waals surface area contributed by atoms with Crippen LogP contribution in [-0.4, -0.2) is 25.9 Å². The average molecular weight is 323 g/mol. The van der Waals surface area contributed by atoms with Crippen molar-refractivity contribution >= 4 is 23.3 Å². The number of carbonyl (C=O) groups excluding carboxylic acids is 1. The third kappa shape index (κ3) is 2.45. The summed E-state index contributed by atoms with van der Waals surface area (Å²) in [5, 5.41) is 1.08. The number of rotatable bonds is 4. The average Bonchev–Trinajstić information content (AvgIpc) is 3.21. The van der Waals surface area contributed by atoms with Crippen LogP contribution >= 0.6 is 11.8 Å². The number of ketones is 1. The quantitative estimate of drug-likeness (QED) is 0.418. The Kier molecular flexibility index (Phi) is 3.65. The Balaban J connectivity index is 1.84. The van der Waals surface area contributed by atoms with E-state index in [4.69, 9.17) is 4.98 Å². The molecule has 0 N–H and O–H groups in total. The van der Waals surface area contributed by atoms with Crippen molar-refractivity contribution in [3.63, 3.8) is 0 Å². The van der Waals surface area contributed by atoms with Crippen molar-refractivity contribution in [3.8, 4) is 0 Å². The number of fused-ring (bicyclic) bond motifs is 3. The van der Waals surface area contributed by atoms with Gasteiger partial charge in [-0.15, -0.1) is 11.8 Å². The number of aryl methyl sites for hydroxylation is 1. The van der Waals surface area contributed by atoms with Crippen LogP contribution in [-0.2, 0) is 12.8 Å². The van der Waals surface area contributed by atoms with Gasteiger partial charge in [0.2, 0.25) is 11.6 Å². The Labute approximate surface area is 139 Å². The van der Waals surface area contributed by atoms with Crippen LogP contribution in [0.5, 0.6) is 0 Å². The summed E-state index contributed by atoms with van der Waals surface area (Å²) in [6, 6.07) is 9.29. The second-order valence-electron chi connectivity index (χ2n) is 5.62. The van der Waals surface area contributed by atoms with Gasteiger partial charge in [0.1, 0.15) is 10.7 Å². The predicted octanol–water partition coefficient (Wildman–Crippen LogP) is 3.56. The summed E-state index contributed by atoms with van der Waals surface area (Å²) >= 11 is 1.76. The molecule has 23 heavy (non-hydrogen) atoms. The number of hydrogen-bond acceptors (Lipinski definition) is 4. The minimum Gasteiger partial charge on any atom is -0.287 e. The molecule has 0 radical (unpaired) electrons. The van der Waals surface area contributed by atoms with E-state index in [1.54, 1.807) is 11.8 Å². The Morgan fingerprint density at radius 3 is 2.83 bits per heavy atom. The molecule has 1 aromatic carbocycles. The zero-order valence-electron chi connectivity index (χ0n) is 13.0. The number of nitrogens with zero attached hydrogens (tertiary/aromatic N) is 3. The van der Waals surface area contributed by atoms with Gasteiger partial charge < -0.3 is 0 Å². The zero-order chi connectivity index (χ0) is 15.8.